The summed E-state index contributed by atoms with van der Waals surface area (Å²) in [4.78, 5) is 28.9. The van der Waals surface area contributed by atoms with Gasteiger partial charge in [-0.1, -0.05) is 60.7 Å². The van der Waals surface area contributed by atoms with Crippen LogP contribution in [0, 0.1) is 0 Å². The predicted molar refractivity (Wildman–Crippen MR) is 100 cm³/mol. The van der Waals surface area contributed by atoms with Crippen molar-refractivity contribution < 1.29 is 19.1 Å². The maximum Gasteiger partial charge on any atom is 0.331 e. The summed E-state index contributed by atoms with van der Waals surface area (Å²) in [5.74, 6) is -1.01. The van der Waals surface area contributed by atoms with Crippen LogP contribution in [0.2, 0.25) is 0 Å². The van der Waals surface area contributed by atoms with Gasteiger partial charge in [0.25, 0.3) is 0 Å². The smallest absolute Gasteiger partial charge is 0.331 e. The molecule has 136 valence electrons. The van der Waals surface area contributed by atoms with Crippen molar-refractivity contribution in [1.29, 1.82) is 0 Å². The third-order valence-corrected chi connectivity index (χ3v) is 3.60. The fourth-order valence-corrected chi connectivity index (χ4v) is 2.46. The fourth-order valence-electron chi connectivity index (χ4n) is 2.46. The molecule has 1 unspecified atom stereocenters. The molecule has 0 amide bonds. The normalized spacial score (nSPS) is 11.3. The number of ether oxygens (including phenoxy) is 2. The SMILES string of the molecule is CCOC(=O)CC(N=C(c1ccccc1)c1ccccc1)C(=O)OCC. The van der Waals surface area contributed by atoms with Crippen LogP contribution in [0.1, 0.15) is 31.4 Å². The second kappa shape index (κ2) is 10.1. The number of hydrogen-bond acceptors (Lipinski definition) is 5. The predicted octanol–water partition coefficient (Wildman–Crippen LogP) is 3.41. The van der Waals surface area contributed by atoms with Gasteiger partial charge < -0.3 is 9.47 Å². The van der Waals surface area contributed by atoms with Gasteiger partial charge in [-0.15, -0.1) is 0 Å². The lowest BCUT2D eigenvalue weighted by Gasteiger charge is -2.14. The maximum absolute atomic E-state index is 12.3. The van der Waals surface area contributed by atoms with E-state index in [1.807, 2.05) is 60.7 Å². The summed E-state index contributed by atoms with van der Waals surface area (Å²) in [6.45, 7) is 3.92. The van der Waals surface area contributed by atoms with Gasteiger partial charge in [0.1, 0.15) is 0 Å². The summed E-state index contributed by atoms with van der Waals surface area (Å²) in [6, 6.07) is 18.1. The molecular formula is C21H23NO4. The Labute approximate surface area is 153 Å². The van der Waals surface area contributed by atoms with Gasteiger partial charge in [0.15, 0.2) is 6.04 Å². The van der Waals surface area contributed by atoms with Crippen LogP contribution in [0.4, 0.5) is 0 Å². The zero-order valence-corrected chi connectivity index (χ0v) is 15.1. The molecule has 0 saturated carbocycles. The fraction of sp³-hybridized carbons (Fsp3) is 0.286. The molecule has 26 heavy (non-hydrogen) atoms. The highest BCUT2D eigenvalue weighted by molar-refractivity contribution is 6.13. The Bertz CT molecular complexity index is 700. The van der Waals surface area contributed by atoms with Crippen LogP contribution in [-0.4, -0.2) is 36.9 Å². The lowest BCUT2D eigenvalue weighted by molar-refractivity contribution is -0.151. The second-order valence-electron chi connectivity index (χ2n) is 5.49. The third kappa shape index (κ3) is 5.55. The summed E-state index contributed by atoms with van der Waals surface area (Å²) < 4.78 is 10.1. The molecule has 5 heteroatoms. The molecule has 0 radical (unpaired) electrons. The van der Waals surface area contributed by atoms with E-state index in [-0.39, 0.29) is 19.6 Å². The van der Waals surface area contributed by atoms with E-state index in [1.54, 1.807) is 13.8 Å². The Morgan fingerprint density at radius 2 is 1.35 bits per heavy atom. The number of rotatable bonds is 8. The highest BCUT2D eigenvalue weighted by Crippen LogP contribution is 2.14. The van der Waals surface area contributed by atoms with E-state index in [0.29, 0.717) is 5.71 Å². The van der Waals surface area contributed by atoms with Crippen molar-refractivity contribution in [2.24, 2.45) is 4.99 Å². The van der Waals surface area contributed by atoms with Gasteiger partial charge in [0.05, 0.1) is 25.3 Å². The Morgan fingerprint density at radius 3 is 1.81 bits per heavy atom. The highest BCUT2D eigenvalue weighted by atomic mass is 16.5. The van der Waals surface area contributed by atoms with E-state index in [4.69, 9.17) is 9.47 Å². The molecule has 0 saturated heterocycles. The average Bonchev–Trinajstić information content (AvgIpc) is 2.67. The molecule has 2 rings (SSSR count). The van der Waals surface area contributed by atoms with E-state index in [2.05, 4.69) is 4.99 Å². The number of aliphatic imine (C=N–C) groups is 1. The summed E-state index contributed by atoms with van der Waals surface area (Å²) in [6.07, 6.45) is -0.157. The lowest BCUT2D eigenvalue weighted by Crippen LogP contribution is -2.27. The number of nitrogens with zero attached hydrogens (tertiary/aromatic N) is 1. The molecule has 0 spiro atoms. The summed E-state index contributed by atoms with van der Waals surface area (Å²) in [7, 11) is 0. The van der Waals surface area contributed by atoms with Crippen molar-refractivity contribution in [2.75, 3.05) is 13.2 Å². The van der Waals surface area contributed by atoms with Crippen molar-refractivity contribution in [3.8, 4) is 0 Å². The molecule has 2 aromatic rings. The summed E-state index contributed by atoms with van der Waals surface area (Å²) >= 11 is 0. The second-order valence-corrected chi connectivity index (χ2v) is 5.49. The van der Waals surface area contributed by atoms with Crippen LogP contribution < -0.4 is 0 Å². The first-order valence-corrected chi connectivity index (χ1v) is 8.66. The van der Waals surface area contributed by atoms with Gasteiger partial charge in [-0.05, 0) is 13.8 Å². The molecule has 0 bridgehead atoms. The first-order chi connectivity index (χ1) is 12.7. The van der Waals surface area contributed by atoms with E-state index in [9.17, 15) is 9.59 Å². The number of esters is 2. The van der Waals surface area contributed by atoms with Gasteiger partial charge >= 0.3 is 11.9 Å². The Morgan fingerprint density at radius 1 is 0.846 bits per heavy atom. The average molecular weight is 353 g/mol. The van der Waals surface area contributed by atoms with Gasteiger partial charge in [0.2, 0.25) is 0 Å². The monoisotopic (exact) mass is 353 g/mol. The number of hydrogen-bond donors (Lipinski definition) is 0. The van der Waals surface area contributed by atoms with Gasteiger partial charge in [-0.2, -0.15) is 0 Å². The van der Waals surface area contributed by atoms with Crippen molar-refractivity contribution in [2.45, 2.75) is 26.3 Å². The molecule has 0 aliphatic heterocycles. The van der Waals surface area contributed by atoms with Crippen molar-refractivity contribution >= 4 is 17.7 Å². The first kappa shape index (κ1) is 19.4. The van der Waals surface area contributed by atoms with Crippen molar-refractivity contribution in [3.05, 3.63) is 71.8 Å². The molecule has 0 heterocycles. The van der Waals surface area contributed by atoms with Gasteiger partial charge in [-0.25, -0.2) is 4.79 Å². The number of carbonyl (C=O) groups excluding carboxylic acids is 2. The van der Waals surface area contributed by atoms with E-state index in [1.165, 1.54) is 0 Å². The molecule has 0 fully saturated rings. The van der Waals surface area contributed by atoms with Crippen LogP contribution >= 0.6 is 0 Å². The quantitative estimate of drug-likeness (QED) is 0.539. The molecular weight excluding hydrogens is 330 g/mol. The minimum atomic E-state index is -0.954. The van der Waals surface area contributed by atoms with Crippen molar-refractivity contribution in [1.82, 2.24) is 0 Å². The van der Waals surface area contributed by atoms with Crippen LogP contribution in [0.15, 0.2) is 65.7 Å². The Balaban J connectivity index is 2.44. The molecule has 0 aromatic heterocycles. The zero-order chi connectivity index (χ0) is 18.8. The first-order valence-electron chi connectivity index (χ1n) is 8.66. The van der Waals surface area contributed by atoms with Crippen LogP contribution in [-0.2, 0) is 19.1 Å². The molecule has 1 atom stereocenters. The standard InChI is InChI=1S/C21H23NO4/c1-3-25-19(23)15-18(21(24)26-4-2)22-20(16-11-7-5-8-12-16)17-13-9-6-10-14-17/h5-14,18H,3-4,15H2,1-2H3. The molecule has 0 N–H and O–H groups in total. The van der Waals surface area contributed by atoms with Crippen molar-refractivity contribution in [3.63, 3.8) is 0 Å². The summed E-state index contributed by atoms with van der Waals surface area (Å²) in [5, 5.41) is 0. The molecule has 2 aromatic carbocycles. The minimum Gasteiger partial charge on any atom is -0.466 e. The van der Waals surface area contributed by atoms with Crippen LogP contribution in [0.3, 0.4) is 0 Å². The highest BCUT2D eigenvalue weighted by Gasteiger charge is 2.24. The van der Waals surface area contributed by atoms with Crippen LogP contribution in [0.5, 0.6) is 0 Å². The lowest BCUT2D eigenvalue weighted by atomic mass is 10.0. The Kier molecular flexibility index (Phi) is 7.55. The van der Waals surface area contributed by atoms with Gasteiger partial charge in [0, 0.05) is 11.1 Å². The third-order valence-electron chi connectivity index (χ3n) is 3.60. The molecule has 0 aliphatic rings. The van der Waals surface area contributed by atoms with E-state index in [0.717, 1.165) is 11.1 Å². The van der Waals surface area contributed by atoms with E-state index >= 15 is 0 Å². The molecule has 0 aliphatic carbocycles. The van der Waals surface area contributed by atoms with Crippen LogP contribution in [0.25, 0.3) is 0 Å². The number of benzene rings is 2. The zero-order valence-electron chi connectivity index (χ0n) is 15.1. The number of carbonyl (C=O) groups is 2. The largest absolute Gasteiger partial charge is 0.466 e. The van der Waals surface area contributed by atoms with Gasteiger partial charge in [-0.3, -0.25) is 9.79 Å². The summed E-state index contributed by atoms with van der Waals surface area (Å²) in [5.41, 5.74) is 2.35. The minimum absolute atomic E-state index is 0.157. The topological polar surface area (TPSA) is 65.0 Å². The maximum atomic E-state index is 12.3. The van der Waals surface area contributed by atoms with E-state index < -0.39 is 18.0 Å². The Hall–Kier alpha value is -2.95. The molecule has 5 nitrogen and oxygen atoms in total.